The van der Waals surface area contributed by atoms with Gasteiger partial charge in [0.15, 0.2) is 0 Å². The number of nitrogens with zero attached hydrogens (tertiary/aromatic N) is 2. The summed E-state index contributed by atoms with van der Waals surface area (Å²) in [6, 6.07) is 18.3. The van der Waals surface area contributed by atoms with Crippen molar-refractivity contribution < 1.29 is 14.3 Å². The van der Waals surface area contributed by atoms with Crippen LogP contribution >= 0.6 is 27.5 Å². The number of benzene rings is 3. The van der Waals surface area contributed by atoms with E-state index < -0.39 is 5.60 Å². The number of hydrogen-bond donors (Lipinski definition) is 3. The van der Waals surface area contributed by atoms with E-state index in [9.17, 15) is 9.59 Å². The third-order valence-corrected chi connectivity index (χ3v) is 7.53. The van der Waals surface area contributed by atoms with Gasteiger partial charge in [-0.1, -0.05) is 33.6 Å². The Hall–Kier alpha value is -3.40. The van der Waals surface area contributed by atoms with Crippen LogP contribution in [0.1, 0.15) is 35.7 Å². The van der Waals surface area contributed by atoms with Crippen molar-refractivity contribution in [1.82, 2.24) is 14.9 Å². The van der Waals surface area contributed by atoms with Crippen molar-refractivity contribution in [2.75, 3.05) is 17.2 Å². The summed E-state index contributed by atoms with van der Waals surface area (Å²) < 4.78 is 8.46. The van der Waals surface area contributed by atoms with Crippen LogP contribution in [0.15, 0.2) is 65.1 Å². The number of carbonyl (C=O) groups excluding carboxylic acids is 2. The molecule has 0 saturated carbocycles. The van der Waals surface area contributed by atoms with Gasteiger partial charge in [-0.05, 0) is 79.9 Å². The minimum atomic E-state index is -0.769. The Morgan fingerprint density at radius 2 is 1.92 bits per heavy atom. The molecule has 1 saturated heterocycles. The fourth-order valence-electron chi connectivity index (χ4n) is 4.42. The van der Waals surface area contributed by atoms with Gasteiger partial charge >= 0.3 is 0 Å². The number of nitrogens with one attached hydrogen (secondary N) is 3. The van der Waals surface area contributed by atoms with Crippen molar-refractivity contribution in [3.05, 3.63) is 81.3 Å². The van der Waals surface area contributed by atoms with Gasteiger partial charge in [0, 0.05) is 35.9 Å². The van der Waals surface area contributed by atoms with E-state index in [0.717, 1.165) is 22.0 Å². The Labute approximate surface area is 233 Å². The van der Waals surface area contributed by atoms with Crippen LogP contribution in [0, 0.1) is 0 Å². The molecule has 3 aromatic carbocycles. The van der Waals surface area contributed by atoms with E-state index in [1.807, 2.05) is 61.0 Å². The third-order valence-electron chi connectivity index (χ3n) is 6.67. The molecule has 1 unspecified atom stereocenters. The highest BCUT2D eigenvalue weighted by Gasteiger charge is 2.37. The largest absolute Gasteiger partial charge is 0.365 e. The number of aromatic nitrogens is 2. The summed E-state index contributed by atoms with van der Waals surface area (Å²) in [5.41, 5.74) is 3.51. The Morgan fingerprint density at radius 3 is 2.66 bits per heavy atom. The van der Waals surface area contributed by atoms with E-state index in [1.165, 1.54) is 0 Å². The van der Waals surface area contributed by atoms with Gasteiger partial charge in [0.05, 0.1) is 21.7 Å². The van der Waals surface area contributed by atoms with Crippen molar-refractivity contribution in [3.8, 4) is 0 Å². The standard InChI is InChI=1S/C28H27BrClN5O3/c1-28(12-3-13-38-28)26(37)31-16-17-4-10-21(30)22(14-17)33-27-34-23-15-18(5-11-24(23)35(27)2)25(36)32-20-8-6-19(29)7-9-20/h4-11,14-15H,3,12-13,16H2,1-2H3,(H,31,37)(H,32,36)(H,33,34). The fourth-order valence-corrected chi connectivity index (χ4v) is 4.84. The molecule has 0 aliphatic carbocycles. The second kappa shape index (κ2) is 10.8. The molecular formula is C28H27BrClN5O3. The summed E-state index contributed by atoms with van der Waals surface area (Å²) >= 11 is 9.87. The van der Waals surface area contributed by atoms with Crippen LogP contribution in [-0.4, -0.2) is 33.6 Å². The van der Waals surface area contributed by atoms with E-state index in [4.69, 9.17) is 21.3 Å². The zero-order valence-corrected chi connectivity index (χ0v) is 23.3. The summed E-state index contributed by atoms with van der Waals surface area (Å²) in [6.07, 6.45) is 1.60. The van der Waals surface area contributed by atoms with Crippen molar-refractivity contribution >= 4 is 67.7 Å². The molecule has 0 bridgehead atoms. The van der Waals surface area contributed by atoms with Crippen LogP contribution in [0.2, 0.25) is 5.02 Å². The summed E-state index contributed by atoms with van der Waals surface area (Å²) in [5, 5.41) is 9.68. The molecule has 196 valence electrons. The van der Waals surface area contributed by atoms with Crippen LogP contribution in [0.4, 0.5) is 17.3 Å². The number of carbonyl (C=O) groups is 2. The number of imidazole rings is 1. The highest BCUT2D eigenvalue weighted by atomic mass is 79.9. The van der Waals surface area contributed by atoms with Crippen LogP contribution in [0.25, 0.3) is 11.0 Å². The highest BCUT2D eigenvalue weighted by Crippen LogP contribution is 2.29. The lowest BCUT2D eigenvalue weighted by atomic mass is 10.0. The average Bonchev–Trinajstić information content (AvgIpc) is 3.49. The van der Waals surface area contributed by atoms with E-state index in [1.54, 1.807) is 18.2 Å². The number of aryl methyl sites for hydroxylation is 1. The Balaban J connectivity index is 1.31. The molecule has 1 aromatic heterocycles. The second-order valence-corrected chi connectivity index (χ2v) is 10.8. The SMILES string of the molecule is Cn1c(Nc2cc(CNC(=O)C3(C)CCCO3)ccc2Cl)nc2cc(C(=O)Nc3ccc(Br)cc3)ccc21. The number of anilines is 3. The lowest BCUT2D eigenvalue weighted by Gasteiger charge is -2.22. The van der Waals surface area contributed by atoms with Crippen molar-refractivity contribution in [1.29, 1.82) is 0 Å². The van der Waals surface area contributed by atoms with Crippen molar-refractivity contribution in [2.24, 2.45) is 7.05 Å². The smallest absolute Gasteiger partial charge is 0.255 e. The zero-order chi connectivity index (χ0) is 26.9. The molecule has 4 aromatic rings. The highest BCUT2D eigenvalue weighted by molar-refractivity contribution is 9.10. The van der Waals surface area contributed by atoms with Gasteiger partial charge in [0.25, 0.3) is 11.8 Å². The monoisotopic (exact) mass is 595 g/mol. The molecule has 1 fully saturated rings. The summed E-state index contributed by atoms with van der Waals surface area (Å²) in [4.78, 5) is 30.1. The molecule has 3 N–H and O–H groups in total. The van der Waals surface area contributed by atoms with Crippen LogP contribution < -0.4 is 16.0 Å². The van der Waals surface area contributed by atoms with Gasteiger partial charge in [-0.2, -0.15) is 0 Å². The third kappa shape index (κ3) is 5.55. The van der Waals surface area contributed by atoms with E-state index in [2.05, 4.69) is 31.9 Å². The predicted molar refractivity (Wildman–Crippen MR) is 153 cm³/mol. The van der Waals surface area contributed by atoms with Gasteiger partial charge < -0.3 is 25.3 Å². The lowest BCUT2D eigenvalue weighted by molar-refractivity contribution is -0.139. The van der Waals surface area contributed by atoms with Crippen LogP contribution in [0.5, 0.6) is 0 Å². The lowest BCUT2D eigenvalue weighted by Crippen LogP contribution is -2.43. The molecular weight excluding hydrogens is 570 g/mol. The van der Waals surface area contributed by atoms with Crippen molar-refractivity contribution in [2.45, 2.75) is 31.9 Å². The number of ether oxygens (including phenoxy) is 1. The average molecular weight is 597 g/mol. The molecule has 2 heterocycles. The first-order chi connectivity index (χ1) is 18.2. The summed E-state index contributed by atoms with van der Waals surface area (Å²) in [6.45, 7) is 2.78. The molecule has 10 heteroatoms. The Kier molecular flexibility index (Phi) is 7.43. The van der Waals surface area contributed by atoms with Crippen LogP contribution in [-0.2, 0) is 23.1 Å². The molecule has 0 radical (unpaired) electrons. The molecule has 0 spiro atoms. The topological polar surface area (TPSA) is 97.3 Å². The van der Waals surface area contributed by atoms with E-state index >= 15 is 0 Å². The molecule has 8 nitrogen and oxygen atoms in total. The van der Waals surface area contributed by atoms with Crippen LogP contribution in [0.3, 0.4) is 0 Å². The molecule has 1 aliphatic rings. The first-order valence-corrected chi connectivity index (χ1v) is 13.4. The Bertz CT molecular complexity index is 1510. The molecule has 38 heavy (non-hydrogen) atoms. The molecule has 1 atom stereocenters. The fraction of sp³-hybridized carbons (Fsp3) is 0.250. The first kappa shape index (κ1) is 26.2. The molecule has 5 rings (SSSR count). The second-order valence-electron chi connectivity index (χ2n) is 9.46. The number of hydrogen-bond acceptors (Lipinski definition) is 5. The number of rotatable bonds is 7. The first-order valence-electron chi connectivity index (χ1n) is 12.2. The normalized spacial score (nSPS) is 16.9. The van der Waals surface area contributed by atoms with E-state index in [0.29, 0.717) is 53.0 Å². The van der Waals surface area contributed by atoms with Gasteiger partial charge in [0.1, 0.15) is 5.60 Å². The number of amides is 2. The van der Waals surface area contributed by atoms with Gasteiger partial charge in [0.2, 0.25) is 5.95 Å². The Morgan fingerprint density at radius 1 is 1.13 bits per heavy atom. The number of halogens is 2. The zero-order valence-electron chi connectivity index (χ0n) is 21.0. The summed E-state index contributed by atoms with van der Waals surface area (Å²) in [7, 11) is 1.89. The van der Waals surface area contributed by atoms with E-state index in [-0.39, 0.29) is 11.8 Å². The maximum absolute atomic E-state index is 12.8. The maximum atomic E-state index is 12.8. The van der Waals surface area contributed by atoms with Gasteiger partial charge in [-0.15, -0.1) is 0 Å². The number of fused-ring (bicyclic) bond motifs is 1. The minimum absolute atomic E-state index is 0.116. The quantitative estimate of drug-likeness (QED) is 0.237. The van der Waals surface area contributed by atoms with Gasteiger partial charge in [-0.25, -0.2) is 4.98 Å². The van der Waals surface area contributed by atoms with Crippen molar-refractivity contribution in [3.63, 3.8) is 0 Å². The minimum Gasteiger partial charge on any atom is -0.365 e. The molecule has 1 aliphatic heterocycles. The predicted octanol–water partition coefficient (Wildman–Crippen LogP) is 6.17. The summed E-state index contributed by atoms with van der Waals surface area (Å²) in [5.74, 6) is 0.235. The molecule has 2 amide bonds. The maximum Gasteiger partial charge on any atom is 0.255 e. The van der Waals surface area contributed by atoms with Gasteiger partial charge in [-0.3, -0.25) is 9.59 Å².